The number of hydrogen-bond acceptors (Lipinski definition) is 3. The number of carbonyl (C=O) groups is 1. The molecule has 1 amide bonds. The molecule has 1 heterocycles. The zero-order valence-corrected chi connectivity index (χ0v) is 10.5. The highest BCUT2D eigenvalue weighted by Crippen LogP contribution is 2.25. The number of hydrogen-bond donors (Lipinski definition) is 2. The molecule has 1 unspecified atom stereocenters. The molecule has 98 valence electrons. The maximum Gasteiger partial charge on any atom is 0.217 e. The SMILES string of the molecule is NC(=O)CCCNCC1OCCc2ccccc21. The highest BCUT2D eigenvalue weighted by molar-refractivity contribution is 5.73. The van der Waals surface area contributed by atoms with Crippen LogP contribution in [0.2, 0.25) is 0 Å². The first-order chi connectivity index (χ1) is 8.77. The van der Waals surface area contributed by atoms with Crippen molar-refractivity contribution in [3.05, 3.63) is 35.4 Å². The molecular weight excluding hydrogens is 228 g/mol. The zero-order valence-electron chi connectivity index (χ0n) is 10.5. The summed E-state index contributed by atoms with van der Waals surface area (Å²) in [6.07, 6.45) is 2.34. The van der Waals surface area contributed by atoms with Crippen molar-refractivity contribution >= 4 is 5.91 Å². The molecule has 1 aliphatic rings. The van der Waals surface area contributed by atoms with Gasteiger partial charge in [-0.15, -0.1) is 0 Å². The Morgan fingerprint density at radius 3 is 3.11 bits per heavy atom. The number of nitrogens with one attached hydrogen (secondary N) is 1. The van der Waals surface area contributed by atoms with Gasteiger partial charge >= 0.3 is 0 Å². The highest BCUT2D eigenvalue weighted by atomic mass is 16.5. The van der Waals surface area contributed by atoms with Gasteiger partial charge in [0.05, 0.1) is 12.7 Å². The number of benzene rings is 1. The standard InChI is InChI=1S/C14H20N2O2/c15-14(17)6-3-8-16-10-13-12-5-2-1-4-11(12)7-9-18-13/h1-2,4-5,13,16H,3,6-10H2,(H2,15,17). The van der Waals surface area contributed by atoms with Crippen molar-refractivity contribution in [2.75, 3.05) is 19.7 Å². The molecular formula is C14H20N2O2. The molecule has 1 aromatic carbocycles. The second-order valence-electron chi connectivity index (χ2n) is 4.58. The topological polar surface area (TPSA) is 64.4 Å². The van der Waals surface area contributed by atoms with Gasteiger partial charge in [-0.2, -0.15) is 0 Å². The maximum absolute atomic E-state index is 10.6. The summed E-state index contributed by atoms with van der Waals surface area (Å²) in [4.78, 5) is 10.6. The largest absolute Gasteiger partial charge is 0.372 e. The van der Waals surface area contributed by atoms with Crippen LogP contribution in [-0.4, -0.2) is 25.6 Å². The summed E-state index contributed by atoms with van der Waals surface area (Å²) in [5.41, 5.74) is 7.75. The van der Waals surface area contributed by atoms with E-state index in [9.17, 15) is 4.79 Å². The summed E-state index contributed by atoms with van der Waals surface area (Å²) in [7, 11) is 0. The number of rotatable bonds is 6. The summed E-state index contributed by atoms with van der Waals surface area (Å²) < 4.78 is 5.78. The van der Waals surface area contributed by atoms with Gasteiger partial charge in [0.15, 0.2) is 0 Å². The number of primary amides is 1. The van der Waals surface area contributed by atoms with Crippen LogP contribution in [0.25, 0.3) is 0 Å². The van der Waals surface area contributed by atoms with E-state index in [-0.39, 0.29) is 12.0 Å². The van der Waals surface area contributed by atoms with E-state index in [1.807, 2.05) is 6.07 Å². The average Bonchev–Trinajstić information content (AvgIpc) is 2.38. The van der Waals surface area contributed by atoms with Crippen LogP contribution in [0.4, 0.5) is 0 Å². The quantitative estimate of drug-likeness (QED) is 0.742. The molecule has 3 N–H and O–H groups in total. The molecule has 0 fully saturated rings. The molecule has 0 saturated heterocycles. The summed E-state index contributed by atoms with van der Waals surface area (Å²) in [6.45, 7) is 2.37. The lowest BCUT2D eigenvalue weighted by atomic mass is 9.97. The van der Waals surface area contributed by atoms with Crippen LogP contribution in [0.3, 0.4) is 0 Å². The van der Waals surface area contributed by atoms with Gasteiger partial charge in [-0.1, -0.05) is 24.3 Å². The van der Waals surface area contributed by atoms with E-state index in [0.29, 0.717) is 6.42 Å². The molecule has 1 aliphatic heterocycles. The van der Waals surface area contributed by atoms with E-state index < -0.39 is 0 Å². The monoisotopic (exact) mass is 248 g/mol. The Labute approximate surface area is 108 Å². The average molecular weight is 248 g/mol. The molecule has 0 bridgehead atoms. The Morgan fingerprint density at radius 2 is 2.28 bits per heavy atom. The molecule has 0 saturated carbocycles. The number of fused-ring (bicyclic) bond motifs is 1. The van der Waals surface area contributed by atoms with Crippen molar-refractivity contribution in [3.8, 4) is 0 Å². The first kappa shape index (κ1) is 13.1. The number of amides is 1. The summed E-state index contributed by atoms with van der Waals surface area (Å²) in [6, 6.07) is 8.41. The predicted molar refractivity (Wildman–Crippen MR) is 70.1 cm³/mol. The van der Waals surface area contributed by atoms with E-state index >= 15 is 0 Å². The number of ether oxygens (including phenoxy) is 1. The third-order valence-electron chi connectivity index (χ3n) is 3.20. The molecule has 0 aromatic heterocycles. The van der Waals surface area contributed by atoms with Crippen LogP contribution >= 0.6 is 0 Å². The lowest BCUT2D eigenvalue weighted by Gasteiger charge is -2.26. The molecule has 0 radical (unpaired) electrons. The molecule has 0 spiro atoms. The van der Waals surface area contributed by atoms with Crippen molar-refractivity contribution in [3.63, 3.8) is 0 Å². The Kier molecular flexibility index (Phi) is 4.73. The molecule has 4 nitrogen and oxygen atoms in total. The van der Waals surface area contributed by atoms with Crippen LogP contribution in [0, 0.1) is 0 Å². The van der Waals surface area contributed by atoms with Gasteiger partial charge in [-0.3, -0.25) is 4.79 Å². The molecule has 1 aromatic rings. The van der Waals surface area contributed by atoms with Crippen LogP contribution in [0.15, 0.2) is 24.3 Å². The van der Waals surface area contributed by atoms with Crippen LogP contribution in [0.5, 0.6) is 0 Å². The molecule has 0 aliphatic carbocycles. The lowest BCUT2D eigenvalue weighted by Crippen LogP contribution is -2.28. The van der Waals surface area contributed by atoms with E-state index in [1.54, 1.807) is 0 Å². The second-order valence-corrected chi connectivity index (χ2v) is 4.58. The number of carbonyl (C=O) groups excluding carboxylic acids is 1. The fourth-order valence-electron chi connectivity index (χ4n) is 2.27. The molecule has 2 rings (SSSR count). The fourth-order valence-corrected chi connectivity index (χ4v) is 2.27. The van der Waals surface area contributed by atoms with Crippen LogP contribution in [0.1, 0.15) is 30.1 Å². The Morgan fingerprint density at radius 1 is 1.44 bits per heavy atom. The summed E-state index contributed by atoms with van der Waals surface area (Å²) >= 11 is 0. The van der Waals surface area contributed by atoms with Gasteiger partial charge in [0, 0.05) is 13.0 Å². The van der Waals surface area contributed by atoms with Crippen molar-refractivity contribution in [1.29, 1.82) is 0 Å². The van der Waals surface area contributed by atoms with Gasteiger partial charge in [-0.25, -0.2) is 0 Å². The highest BCUT2D eigenvalue weighted by Gasteiger charge is 2.19. The Hall–Kier alpha value is -1.39. The smallest absolute Gasteiger partial charge is 0.217 e. The van der Waals surface area contributed by atoms with Crippen molar-refractivity contribution in [2.24, 2.45) is 5.73 Å². The van der Waals surface area contributed by atoms with Gasteiger partial charge in [-0.05, 0) is 30.5 Å². The normalized spacial score (nSPS) is 18.3. The van der Waals surface area contributed by atoms with Gasteiger partial charge in [0.1, 0.15) is 0 Å². The third kappa shape index (κ3) is 3.55. The molecule has 4 heteroatoms. The first-order valence-electron chi connectivity index (χ1n) is 6.46. The van der Waals surface area contributed by atoms with Crippen molar-refractivity contribution in [1.82, 2.24) is 5.32 Å². The first-order valence-corrected chi connectivity index (χ1v) is 6.46. The van der Waals surface area contributed by atoms with Crippen LogP contribution < -0.4 is 11.1 Å². The second kappa shape index (κ2) is 6.52. The molecule has 1 atom stereocenters. The maximum atomic E-state index is 10.6. The number of nitrogens with two attached hydrogens (primary N) is 1. The Bertz CT molecular complexity index is 407. The van der Waals surface area contributed by atoms with E-state index in [4.69, 9.17) is 10.5 Å². The molecule has 18 heavy (non-hydrogen) atoms. The van der Waals surface area contributed by atoms with Gasteiger partial charge in [0.25, 0.3) is 0 Å². The van der Waals surface area contributed by atoms with E-state index in [1.165, 1.54) is 11.1 Å². The minimum atomic E-state index is -0.240. The summed E-state index contributed by atoms with van der Waals surface area (Å²) in [5, 5.41) is 3.32. The minimum absolute atomic E-state index is 0.128. The van der Waals surface area contributed by atoms with E-state index in [0.717, 1.165) is 32.5 Å². The van der Waals surface area contributed by atoms with Crippen molar-refractivity contribution < 1.29 is 9.53 Å². The fraction of sp³-hybridized carbons (Fsp3) is 0.500. The minimum Gasteiger partial charge on any atom is -0.372 e. The van der Waals surface area contributed by atoms with Gasteiger partial charge in [0.2, 0.25) is 5.91 Å². The lowest BCUT2D eigenvalue weighted by molar-refractivity contribution is -0.118. The summed E-state index contributed by atoms with van der Waals surface area (Å²) in [5.74, 6) is -0.240. The van der Waals surface area contributed by atoms with Crippen LogP contribution in [-0.2, 0) is 16.0 Å². The zero-order chi connectivity index (χ0) is 12.8. The third-order valence-corrected chi connectivity index (χ3v) is 3.20. The van der Waals surface area contributed by atoms with Crippen molar-refractivity contribution in [2.45, 2.75) is 25.4 Å². The van der Waals surface area contributed by atoms with E-state index in [2.05, 4.69) is 23.5 Å². The Balaban J connectivity index is 1.79. The van der Waals surface area contributed by atoms with Gasteiger partial charge < -0.3 is 15.8 Å². The predicted octanol–water partition coefficient (Wildman–Crippen LogP) is 1.16.